The van der Waals surface area contributed by atoms with Crippen LogP contribution in [-0.4, -0.2) is 49.3 Å². The van der Waals surface area contributed by atoms with E-state index in [1.807, 2.05) is 6.20 Å². The number of aromatic nitrogens is 1. The fraction of sp³-hybridized carbons (Fsp3) is 0.556. The third-order valence-corrected chi connectivity index (χ3v) is 4.68. The first kappa shape index (κ1) is 15.5. The Bertz CT molecular complexity index is 572. The molecule has 0 amide bonds. The number of hydrogen-bond acceptors (Lipinski definition) is 3. The number of methoxy groups -OCH3 is 1. The van der Waals surface area contributed by atoms with Gasteiger partial charge in [0.15, 0.2) is 0 Å². The van der Waals surface area contributed by atoms with Crippen LogP contribution in [0.4, 0.5) is 0 Å². The van der Waals surface area contributed by atoms with Crippen LogP contribution >= 0.6 is 0 Å². The van der Waals surface area contributed by atoms with Gasteiger partial charge < -0.3 is 19.9 Å². The predicted octanol–water partition coefficient (Wildman–Crippen LogP) is 2.76. The van der Waals surface area contributed by atoms with Gasteiger partial charge in [-0.3, -0.25) is 0 Å². The Morgan fingerprint density at radius 3 is 2.95 bits per heavy atom. The number of nitrogens with zero attached hydrogens (tertiary/aromatic N) is 1. The maximum Gasteiger partial charge on any atom is 0.0474 e. The molecule has 0 atom stereocenters. The van der Waals surface area contributed by atoms with Gasteiger partial charge in [0.1, 0.15) is 0 Å². The van der Waals surface area contributed by atoms with Crippen molar-refractivity contribution in [2.24, 2.45) is 0 Å². The summed E-state index contributed by atoms with van der Waals surface area (Å²) in [6.45, 7) is 5.41. The van der Waals surface area contributed by atoms with Crippen LogP contribution in [0.15, 0.2) is 30.5 Å². The molecule has 1 aromatic carbocycles. The fourth-order valence-electron chi connectivity index (χ4n) is 3.35. The van der Waals surface area contributed by atoms with E-state index in [4.69, 9.17) is 4.74 Å². The molecule has 1 fully saturated rings. The van der Waals surface area contributed by atoms with E-state index in [0.717, 1.165) is 19.6 Å². The number of likely N-dealkylation sites (tertiary alicyclic amines) is 1. The average Bonchev–Trinajstić information content (AvgIpc) is 3.03. The lowest BCUT2D eigenvalue weighted by atomic mass is 10.0. The van der Waals surface area contributed by atoms with E-state index in [0.29, 0.717) is 6.04 Å². The van der Waals surface area contributed by atoms with Crippen LogP contribution in [0.25, 0.3) is 10.9 Å². The van der Waals surface area contributed by atoms with E-state index in [1.165, 1.54) is 48.9 Å². The van der Waals surface area contributed by atoms with Crippen molar-refractivity contribution < 1.29 is 4.74 Å². The second-order valence-electron chi connectivity index (χ2n) is 6.20. The van der Waals surface area contributed by atoms with Crippen molar-refractivity contribution in [3.05, 3.63) is 36.0 Å². The van der Waals surface area contributed by atoms with Crippen LogP contribution in [0, 0.1) is 0 Å². The zero-order chi connectivity index (χ0) is 15.2. The number of benzene rings is 1. The number of H-pyrrole nitrogens is 1. The van der Waals surface area contributed by atoms with Gasteiger partial charge >= 0.3 is 0 Å². The third kappa shape index (κ3) is 3.88. The van der Waals surface area contributed by atoms with Gasteiger partial charge in [-0.15, -0.1) is 0 Å². The van der Waals surface area contributed by atoms with Gasteiger partial charge in [0.25, 0.3) is 0 Å². The molecule has 4 heteroatoms. The fourth-order valence-corrected chi connectivity index (χ4v) is 3.35. The van der Waals surface area contributed by atoms with E-state index in [9.17, 15) is 0 Å². The van der Waals surface area contributed by atoms with Crippen molar-refractivity contribution in [2.75, 3.05) is 33.4 Å². The SMILES string of the molecule is COCCCN1CCC(NCc2cccc3[nH]ccc23)CC1. The van der Waals surface area contributed by atoms with Gasteiger partial charge in [-0.05, 0) is 50.0 Å². The standard InChI is InChI=1S/C18H27N3O/c1-22-13-3-10-21-11-7-16(8-12-21)20-14-15-4-2-5-18-17(15)6-9-19-18/h2,4-6,9,16,19-20H,3,7-8,10-14H2,1H3. The van der Waals surface area contributed by atoms with Crippen molar-refractivity contribution in [1.82, 2.24) is 15.2 Å². The number of hydrogen-bond donors (Lipinski definition) is 2. The second-order valence-corrected chi connectivity index (χ2v) is 6.20. The highest BCUT2D eigenvalue weighted by atomic mass is 16.5. The molecule has 22 heavy (non-hydrogen) atoms. The Balaban J connectivity index is 1.44. The summed E-state index contributed by atoms with van der Waals surface area (Å²) in [6, 6.07) is 9.31. The lowest BCUT2D eigenvalue weighted by molar-refractivity contribution is 0.152. The van der Waals surface area contributed by atoms with E-state index in [-0.39, 0.29) is 0 Å². The Kier molecular flexibility index (Phi) is 5.48. The zero-order valence-electron chi connectivity index (χ0n) is 13.5. The molecule has 2 aromatic rings. The first-order valence-electron chi connectivity index (χ1n) is 8.36. The Morgan fingerprint density at radius 1 is 1.27 bits per heavy atom. The number of rotatable bonds is 7. The molecular formula is C18H27N3O. The molecule has 4 nitrogen and oxygen atoms in total. The number of piperidine rings is 1. The molecule has 0 saturated carbocycles. The minimum Gasteiger partial charge on any atom is -0.385 e. The normalized spacial score (nSPS) is 17.3. The summed E-state index contributed by atoms with van der Waals surface area (Å²) in [5.41, 5.74) is 2.62. The first-order chi connectivity index (χ1) is 10.9. The van der Waals surface area contributed by atoms with Crippen molar-refractivity contribution >= 4 is 10.9 Å². The molecule has 0 aliphatic carbocycles. The van der Waals surface area contributed by atoms with Crippen LogP contribution in [0.2, 0.25) is 0 Å². The van der Waals surface area contributed by atoms with Crippen molar-refractivity contribution in [2.45, 2.75) is 31.8 Å². The first-order valence-corrected chi connectivity index (χ1v) is 8.36. The number of aromatic amines is 1. The third-order valence-electron chi connectivity index (χ3n) is 4.68. The summed E-state index contributed by atoms with van der Waals surface area (Å²) < 4.78 is 5.13. The largest absolute Gasteiger partial charge is 0.385 e. The maximum atomic E-state index is 5.13. The Hall–Kier alpha value is -1.36. The summed E-state index contributed by atoms with van der Waals surface area (Å²) in [5, 5.41) is 5.08. The minimum atomic E-state index is 0.646. The number of nitrogens with one attached hydrogen (secondary N) is 2. The van der Waals surface area contributed by atoms with Crippen LogP contribution in [-0.2, 0) is 11.3 Å². The number of fused-ring (bicyclic) bond motifs is 1. The zero-order valence-corrected chi connectivity index (χ0v) is 13.5. The molecule has 0 unspecified atom stereocenters. The van der Waals surface area contributed by atoms with E-state index in [1.54, 1.807) is 7.11 Å². The molecule has 120 valence electrons. The summed E-state index contributed by atoms with van der Waals surface area (Å²) in [4.78, 5) is 5.84. The van der Waals surface area contributed by atoms with Crippen molar-refractivity contribution in [3.63, 3.8) is 0 Å². The van der Waals surface area contributed by atoms with Gasteiger partial charge in [-0.25, -0.2) is 0 Å². The maximum absolute atomic E-state index is 5.13. The van der Waals surface area contributed by atoms with Gasteiger partial charge in [0.2, 0.25) is 0 Å². The quantitative estimate of drug-likeness (QED) is 0.773. The summed E-state index contributed by atoms with van der Waals surface area (Å²) >= 11 is 0. The van der Waals surface area contributed by atoms with Crippen molar-refractivity contribution in [1.29, 1.82) is 0 Å². The highest BCUT2D eigenvalue weighted by molar-refractivity contribution is 5.82. The minimum absolute atomic E-state index is 0.646. The van der Waals surface area contributed by atoms with Gasteiger partial charge in [-0.1, -0.05) is 12.1 Å². The summed E-state index contributed by atoms with van der Waals surface area (Å²) in [7, 11) is 1.78. The van der Waals surface area contributed by atoms with Gasteiger partial charge in [0, 0.05) is 49.9 Å². The molecule has 0 bridgehead atoms. The monoisotopic (exact) mass is 301 g/mol. The molecule has 1 aliphatic heterocycles. The second kappa shape index (κ2) is 7.77. The predicted molar refractivity (Wildman–Crippen MR) is 91.1 cm³/mol. The summed E-state index contributed by atoms with van der Waals surface area (Å²) in [5.74, 6) is 0. The Labute approximate surface area is 132 Å². The summed E-state index contributed by atoms with van der Waals surface area (Å²) in [6.07, 6.45) is 5.66. The van der Waals surface area contributed by atoms with E-state index in [2.05, 4.69) is 39.5 Å². The lowest BCUT2D eigenvalue weighted by Gasteiger charge is -2.32. The molecule has 0 spiro atoms. The molecule has 1 aliphatic rings. The highest BCUT2D eigenvalue weighted by Crippen LogP contribution is 2.18. The van der Waals surface area contributed by atoms with E-state index >= 15 is 0 Å². The lowest BCUT2D eigenvalue weighted by Crippen LogP contribution is -2.42. The van der Waals surface area contributed by atoms with Crippen LogP contribution < -0.4 is 5.32 Å². The molecule has 1 aromatic heterocycles. The molecule has 2 heterocycles. The molecule has 1 saturated heterocycles. The molecule has 2 N–H and O–H groups in total. The Morgan fingerprint density at radius 2 is 2.14 bits per heavy atom. The number of ether oxygens (including phenoxy) is 1. The average molecular weight is 301 g/mol. The van der Waals surface area contributed by atoms with E-state index < -0.39 is 0 Å². The van der Waals surface area contributed by atoms with Crippen LogP contribution in [0.5, 0.6) is 0 Å². The van der Waals surface area contributed by atoms with Gasteiger partial charge in [0.05, 0.1) is 0 Å². The molecule has 0 radical (unpaired) electrons. The molecular weight excluding hydrogens is 274 g/mol. The highest BCUT2D eigenvalue weighted by Gasteiger charge is 2.18. The topological polar surface area (TPSA) is 40.3 Å². The van der Waals surface area contributed by atoms with Crippen molar-refractivity contribution in [3.8, 4) is 0 Å². The smallest absolute Gasteiger partial charge is 0.0474 e. The molecule has 3 rings (SSSR count). The van der Waals surface area contributed by atoms with Crippen LogP contribution in [0.3, 0.4) is 0 Å². The van der Waals surface area contributed by atoms with Crippen LogP contribution in [0.1, 0.15) is 24.8 Å². The van der Waals surface area contributed by atoms with Gasteiger partial charge in [-0.2, -0.15) is 0 Å².